The molecule has 9 nitrogen and oxygen atoms in total. The van der Waals surface area contributed by atoms with Crippen molar-refractivity contribution in [3.05, 3.63) is 97.2 Å². The second-order valence-corrected chi connectivity index (χ2v) is 27.0. The highest BCUT2D eigenvalue weighted by molar-refractivity contribution is 7.45. The number of rotatable bonds is 67. The van der Waals surface area contributed by atoms with Crippen molar-refractivity contribution in [1.82, 2.24) is 0 Å². The van der Waals surface area contributed by atoms with E-state index in [9.17, 15) is 19.0 Å². The molecule has 0 heterocycles. The number of phosphoric ester groups is 1. The lowest BCUT2D eigenvalue weighted by Gasteiger charge is -2.28. The molecule has 0 aliphatic carbocycles. The van der Waals surface area contributed by atoms with Gasteiger partial charge in [-0.05, 0) is 77.0 Å². The highest BCUT2D eigenvalue weighted by Gasteiger charge is 2.22. The average Bonchev–Trinajstić information content (AvgIpc) is 3.50. The van der Waals surface area contributed by atoms with Gasteiger partial charge in [-0.15, -0.1) is 0 Å². The van der Waals surface area contributed by atoms with Gasteiger partial charge >= 0.3 is 11.9 Å². The molecule has 2 unspecified atom stereocenters. The molecule has 0 N–H and O–H groups in total. The van der Waals surface area contributed by atoms with Crippen LogP contribution in [-0.4, -0.2) is 70.0 Å². The van der Waals surface area contributed by atoms with Crippen LogP contribution < -0.4 is 4.89 Å². The van der Waals surface area contributed by atoms with Gasteiger partial charge in [0.25, 0.3) is 7.82 Å². The lowest BCUT2D eigenvalue weighted by atomic mass is 10.0. The van der Waals surface area contributed by atoms with Gasteiger partial charge in [-0.3, -0.25) is 14.2 Å². The predicted molar refractivity (Wildman–Crippen MR) is 374 cm³/mol. The molecule has 0 amide bonds. The van der Waals surface area contributed by atoms with Gasteiger partial charge < -0.3 is 27.9 Å². The van der Waals surface area contributed by atoms with Crippen LogP contribution in [0.15, 0.2) is 97.2 Å². The fourth-order valence-electron chi connectivity index (χ4n) is 10.3. The molecule has 0 spiro atoms. The Kier molecular flexibility index (Phi) is 65.0. The zero-order valence-corrected chi connectivity index (χ0v) is 58.3. The van der Waals surface area contributed by atoms with Gasteiger partial charge in [-0.1, -0.05) is 336 Å². The lowest BCUT2D eigenvalue weighted by molar-refractivity contribution is -0.870. The number of ether oxygens (including phenoxy) is 2. The molecular formula is C77H138NO8P. The summed E-state index contributed by atoms with van der Waals surface area (Å²) in [5.41, 5.74) is 0. The van der Waals surface area contributed by atoms with Crippen molar-refractivity contribution in [1.29, 1.82) is 0 Å². The average molecular weight is 1240 g/mol. The zero-order valence-electron chi connectivity index (χ0n) is 57.5. The number of likely N-dealkylation sites (N-methyl/N-ethyl adjacent to an activating group) is 1. The number of carbonyl (C=O) groups excluding carboxylic acids is 2. The third-order valence-corrected chi connectivity index (χ3v) is 16.8. The molecule has 0 saturated carbocycles. The van der Waals surface area contributed by atoms with E-state index < -0.39 is 26.5 Å². The summed E-state index contributed by atoms with van der Waals surface area (Å²) >= 11 is 0. The monoisotopic (exact) mass is 1240 g/mol. The van der Waals surface area contributed by atoms with Crippen LogP contribution in [0.5, 0.6) is 0 Å². The quantitative estimate of drug-likeness (QED) is 0.0195. The molecule has 0 radical (unpaired) electrons. The Morgan fingerprint density at radius 3 is 0.977 bits per heavy atom. The molecule has 87 heavy (non-hydrogen) atoms. The maximum atomic E-state index is 12.9. The summed E-state index contributed by atoms with van der Waals surface area (Å²) < 4.78 is 34.3. The number of esters is 2. The number of quaternary nitrogens is 1. The van der Waals surface area contributed by atoms with Crippen molar-refractivity contribution in [3.63, 3.8) is 0 Å². The van der Waals surface area contributed by atoms with Crippen LogP contribution in [0.4, 0.5) is 0 Å². The molecule has 0 aromatic heterocycles. The minimum absolute atomic E-state index is 0.0352. The van der Waals surface area contributed by atoms with Crippen LogP contribution in [0.3, 0.4) is 0 Å². The summed E-state index contributed by atoms with van der Waals surface area (Å²) in [4.78, 5) is 38.1. The number of unbranched alkanes of at least 4 members (excludes halogenated alkanes) is 37. The van der Waals surface area contributed by atoms with Gasteiger partial charge in [0.05, 0.1) is 27.7 Å². The third kappa shape index (κ3) is 71.9. The van der Waals surface area contributed by atoms with Crippen LogP contribution in [0, 0.1) is 0 Å². The Hall–Kier alpha value is -3.07. The fraction of sp³-hybridized carbons (Fsp3) is 0.766. The maximum Gasteiger partial charge on any atom is 0.306 e. The summed E-state index contributed by atoms with van der Waals surface area (Å²) in [6.45, 7) is 4.16. The second kappa shape index (κ2) is 67.3. The number of phosphoric acid groups is 1. The SMILES string of the molecule is CC/C=C\C/C=C\C/C=C\C/C=C\C/C=C\C/C=C\C/C=C\C/C=C\CCCCCCCCCCC(=O)OC(COC(=O)CCCCCCCCCCCCCCCCCCCCCCCCCCCCCCCC)COP(=O)([O-])OCC[N+](C)(C)C. The summed E-state index contributed by atoms with van der Waals surface area (Å²) in [6, 6.07) is 0. The molecule has 0 aliphatic rings. The van der Waals surface area contributed by atoms with Crippen LogP contribution in [-0.2, 0) is 32.7 Å². The van der Waals surface area contributed by atoms with Crippen molar-refractivity contribution in [2.24, 2.45) is 0 Å². The second-order valence-electron chi connectivity index (χ2n) is 25.6. The van der Waals surface area contributed by atoms with E-state index in [0.717, 1.165) is 96.3 Å². The molecule has 0 aromatic rings. The molecule has 10 heteroatoms. The van der Waals surface area contributed by atoms with Gasteiger partial charge in [0, 0.05) is 12.8 Å². The Morgan fingerprint density at radius 2 is 0.655 bits per heavy atom. The molecule has 2 atom stereocenters. The van der Waals surface area contributed by atoms with Crippen molar-refractivity contribution in [2.45, 2.75) is 335 Å². The first-order chi connectivity index (χ1) is 42.5. The highest BCUT2D eigenvalue weighted by Crippen LogP contribution is 2.38. The Bertz CT molecular complexity index is 1790. The minimum Gasteiger partial charge on any atom is -0.756 e. The number of carbonyl (C=O) groups is 2. The summed E-state index contributed by atoms with van der Waals surface area (Å²) in [7, 11) is 1.16. The van der Waals surface area contributed by atoms with Crippen LogP contribution in [0.2, 0.25) is 0 Å². The smallest absolute Gasteiger partial charge is 0.306 e. The Balaban J connectivity index is 4.06. The third-order valence-electron chi connectivity index (χ3n) is 15.9. The maximum absolute atomic E-state index is 12.9. The van der Waals surface area contributed by atoms with Crippen molar-refractivity contribution >= 4 is 19.8 Å². The first-order valence-corrected chi connectivity index (χ1v) is 37.9. The Labute approximate surface area is 538 Å². The first kappa shape index (κ1) is 83.9. The van der Waals surface area contributed by atoms with Gasteiger partial charge in [0.1, 0.15) is 19.8 Å². The molecule has 504 valence electrons. The van der Waals surface area contributed by atoms with E-state index in [1.54, 1.807) is 0 Å². The Morgan fingerprint density at radius 1 is 0.368 bits per heavy atom. The highest BCUT2D eigenvalue weighted by atomic mass is 31.2. The first-order valence-electron chi connectivity index (χ1n) is 36.4. The summed E-state index contributed by atoms with van der Waals surface area (Å²) in [5.74, 6) is -0.834. The number of hydrogen-bond donors (Lipinski definition) is 0. The molecule has 0 bridgehead atoms. The van der Waals surface area contributed by atoms with E-state index in [2.05, 4.69) is 111 Å². The molecular weight excluding hydrogens is 1100 g/mol. The van der Waals surface area contributed by atoms with Crippen LogP contribution in [0.1, 0.15) is 328 Å². The largest absolute Gasteiger partial charge is 0.756 e. The van der Waals surface area contributed by atoms with E-state index in [1.807, 2.05) is 21.1 Å². The number of nitrogens with zero attached hydrogens (tertiary/aromatic N) is 1. The van der Waals surface area contributed by atoms with E-state index in [-0.39, 0.29) is 32.0 Å². The van der Waals surface area contributed by atoms with Crippen molar-refractivity contribution in [2.75, 3.05) is 47.5 Å². The predicted octanol–water partition coefficient (Wildman–Crippen LogP) is 23.3. The summed E-state index contributed by atoms with van der Waals surface area (Å²) in [5, 5.41) is 0. The van der Waals surface area contributed by atoms with Crippen molar-refractivity contribution in [3.8, 4) is 0 Å². The van der Waals surface area contributed by atoms with Gasteiger partial charge in [0.2, 0.25) is 0 Å². The summed E-state index contributed by atoms with van der Waals surface area (Å²) in [6.07, 6.45) is 93.5. The number of allylic oxidation sites excluding steroid dienone is 16. The van der Waals surface area contributed by atoms with Crippen LogP contribution in [0.25, 0.3) is 0 Å². The normalized spacial score (nSPS) is 13.7. The van der Waals surface area contributed by atoms with Gasteiger partial charge in [0.15, 0.2) is 6.10 Å². The molecule has 0 saturated heterocycles. The zero-order chi connectivity index (χ0) is 63.4. The number of hydrogen-bond acceptors (Lipinski definition) is 8. The molecule has 0 fully saturated rings. The topological polar surface area (TPSA) is 111 Å². The van der Waals surface area contributed by atoms with E-state index in [0.29, 0.717) is 17.4 Å². The lowest BCUT2D eigenvalue weighted by Crippen LogP contribution is -2.37. The van der Waals surface area contributed by atoms with E-state index in [4.69, 9.17) is 18.5 Å². The van der Waals surface area contributed by atoms with Crippen LogP contribution >= 0.6 is 7.82 Å². The standard InChI is InChI=1S/C77H138NO8P/c1-6-8-10-12-14-16-18-20-22-24-26-28-30-32-34-36-38-39-40-42-44-46-48-50-52-54-56-58-60-62-64-66-68-70-77(80)86-75(74-85-87(81,82)84-72-71-78(3,4)5)73-83-76(79)69-67-65-63-61-59-57-55-53-51-49-47-45-43-41-37-35-33-31-29-27-25-23-21-19-17-15-13-11-9-7-2/h8,10,14,16,20,22,26,28,32,34,38-39,42,44,48,50,75H,6-7,9,11-13,15,17-19,21,23-25,27,29-31,33,35-37,40-41,43,45-47,49,51-74H2,1-5H3/b10-8-,16-14-,22-20-,28-26-,34-32-,39-38-,44-42-,50-48-. The van der Waals surface area contributed by atoms with E-state index in [1.165, 1.54) is 199 Å². The van der Waals surface area contributed by atoms with Gasteiger partial charge in [-0.2, -0.15) is 0 Å². The minimum atomic E-state index is -4.65. The molecule has 0 aliphatic heterocycles. The molecule has 0 aromatic carbocycles. The van der Waals surface area contributed by atoms with E-state index >= 15 is 0 Å². The van der Waals surface area contributed by atoms with Gasteiger partial charge in [-0.25, -0.2) is 0 Å². The molecule has 0 rings (SSSR count). The van der Waals surface area contributed by atoms with Crippen molar-refractivity contribution < 1.29 is 42.1 Å². The fourth-order valence-corrected chi connectivity index (χ4v) is 11.1.